The van der Waals surface area contributed by atoms with E-state index in [4.69, 9.17) is 9.84 Å². The molecule has 1 aromatic rings. The summed E-state index contributed by atoms with van der Waals surface area (Å²) in [4.78, 5) is 41.6. The molecule has 0 fully saturated rings. The minimum atomic E-state index is -1.17. The van der Waals surface area contributed by atoms with Crippen molar-refractivity contribution in [2.75, 3.05) is 0 Å². The van der Waals surface area contributed by atoms with E-state index < -0.39 is 35.7 Å². The lowest BCUT2D eigenvalue weighted by Crippen LogP contribution is -2.52. The highest BCUT2D eigenvalue weighted by Crippen LogP contribution is 2.08. The average molecular weight is 326 g/mol. The van der Waals surface area contributed by atoms with E-state index in [2.05, 4.69) is 20.6 Å². The predicted octanol–water partition coefficient (Wildman–Crippen LogP) is 0.435. The summed E-state index contributed by atoms with van der Waals surface area (Å²) >= 11 is 0. The largest absolute Gasteiger partial charge is 0.480 e. The first-order valence-electron chi connectivity index (χ1n) is 7.09. The number of rotatable bonds is 6. The van der Waals surface area contributed by atoms with E-state index in [1.54, 1.807) is 27.0 Å². The van der Waals surface area contributed by atoms with Crippen molar-refractivity contribution in [2.45, 2.75) is 51.8 Å². The van der Waals surface area contributed by atoms with Gasteiger partial charge in [-0.25, -0.2) is 9.78 Å². The van der Waals surface area contributed by atoms with Crippen LogP contribution in [0.4, 0.5) is 4.79 Å². The smallest absolute Gasteiger partial charge is 0.408 e. The number of aromatic nitrogens is 2. The van der Waals surface area contributed by atoms with Crippen LogP contribution < -0.4 is 10.6 Å². The molecule has 0 unspecified atom stereocenters. The molecular formula is C14H22N4O5. The molecule has 1 rings (SSSR count). The SMILES string of the molecule is C[C@H](NC(=O)[C@@H](Cc1c[nH]cn1)NC(=O)OC(C)(C)C)C(=O)O. The molecule has 0 saturated heterocycles. The number of H-pyrrole nitrogens is 1. The Hall–Kier alpha value is -2.58. The molecule has 0 aliphatic heterocycles. The molecule has 0 aliphatic carbocycles. The standard InChI is InChI=1S/C14H22N4O5/c1-8(12(20)21)17-11(19)10(5-9-6-15-7-16-9)18-13(22)23-14(2,3)4/h6-8,10H,5H2,1-4H3,(H,15,16)(H,17,19)(H,18,22)(H,20,21)/t8-,10+/m0/s1. The van der Waals surface area contributed by atoms with Crippen LogP contribution in [0.15, 0.2) is 12.5 Å². The monoisotopic (exact) mass is 326 g/mol. The molecule has 0 bridgehead atoms. The molecule has 0 aromatic carbocycles. The van der Waals surface area contributed by atoms with Crippen molar-refractivity contribution in [1.29, 1.82) is 0 Å². The van der Waals surface area contributed by atoms with Gasteiger partial charge in [-0.1, -0.05) is 0 Å². The van der Waals surface area contributed by atoms with Crippen LogP contribution in [0.2, 0.25) is 0 Å². The van der Waals surface area contributed by atoms with Crippen LogP contribution in [-0.2, 0) is 20.7 Å². The van der Waals surface area contributed by atoms with Gasteiger partial charge in [-0.2, -0.15) is 0 Å². The summed E-state index contributed by atoms with van der Waals surface area (Å²) in [6.45, 7) is 6.42. The van der Waals surface area contributed by atoms with Crippen LogP contribution in [0.3, 0.4) is 0 Å². The maximum absolute atomic E-state index is 12.2. The van der Waals surface area contributed by atoms with Crippen LogP contribution in [0, 0.1) is 0 Å². The minimum absolute atomic E-state index is 0.0981. The number of amides is 2. The number of aromatic amines is 1. The number of nitrogens with zero attached hydrogens (tertiary/aromatic N) is 1. The average Bonchev–Trinajstić information content (AvgIpc) is 2.88. The van der Waals surface area contributed by atoms with Gasteiger partial charge in [0.25, 0.3) is 0 Å². The maximum atomic E-state index is 12.2. The van der Waals surface area contributed by atoms with E-state index in [9.17, 15) is 14.4 Å². The highest BCUT2D eigenvalue weighted by Gasteiger charge is 2.27. The van der Waals surface area contributed by atoms with Gasteiger partial charge in [0.1, 0.15) is 17.7 Å². The van der Waals surface area contributed by atoms with Crippen molar-refractivity contribution in [3.63, 3.8) is 0 Å². The van der Waals surface area contributed by atoms with Crippen LogP contribution in [0.5, 0.6) is 0 Å². The first-order valence-corrected chi connectivity index (χ1v) is 7.09. The molecule has 128 valence electrons. The van der Waals surface area contributed by atoms with Gasteiger partial charge >= 0.3 is 12.1 Å². The highest BCUT2D eigenvalue weighted by atomic mass is 16.6. The van der Waals surface area contributed by atoms with Crippen molar-refractivity contribution in [2.24, 2.45) is 0 Å². The maximum Gasteiger partial charge on any atom is 0.408 e. The number of hydrogen-bond acceptors (Lipinski definition) is 5. The number of carbonyl (C=O) groups is 3. The van der Waals surface area contributed by atoms with Crippen LogP contribution in [0.25, 0.3) is 0 Å². The second kappa shape index (κ2) is 7.61. The summed E-state index contributed by atoms with van der Waals surface area (Å²) in [5.74, 6) is -1.80. The topological polar surface area (TPSA) is 133 Å². The Kier molecular flexibility index (Phi) is 6.11. The third kappa shape index (κ3) is 6.81. The molecule has 0 spiro atoms. The Bertz CT molecular complexity index is 550. The van der Waals surface area contributed by atoms with Crippen molar-refractivity contribution in [3.8, 4) is 0 Å². The van der Waals surface area contributed by atoms with Gasteiger partial charge in [-0.05, 0) is 27.7 Å². The summed E-state index contributed by atoms with van der Waals surface area (Å²) in [7, 11) is 0. The zero-order valence-electron chi connectivity index (χ0n) is 13.5. The second-order valence-corrected chi connectivity index (χ2v) is 6.03. The molecular weight excluding hydrogens is 304 g/mol. The van der Waals surface area contributed by atoms with E-state index in [1.165, 1.54) is 13.3 Å². The number of aliphatic carboxylic acids is 1. The van der Waals surface area contributed by atoms with Crippen molar-refractivity contribution in [3.05, 3.63) is 18.2 Å². The number of imidazole rings is 1. The molecule has 23 heavy (non-hydrogen) atoms. The summed E-state index contributed by atoms with van der Waals surface area (Å²) in [5, 5.41) is 13.6. The van der Waals surface area contributed by atoms with E-state index in [0.717, 1.165) is 0 Å². The van der Waals surface area contributed by atoms with Crippen molar-refractivity contribution in [1.82, 2.24) is 20.6 Å². The molecule has 1 aromatic heterocycles. The molecule has 2 amide bonds. The van der Waals surface area contributed by atoms with Gasteiger partial charge in [-0.3, -0.25) is 9.59 Å². The summed E-state index contributed by atoms with van der Waals surface area (Å²) in [6, 6.07) is -2.08. The van der Waals surface area contributed by atoms with Gasteiger partial charge in [0.2, 0.25) is 5.91 Å². The predicted molar refractivity (Wildman–Crippen MR) is 80.7 cm³/mol. The lowest BCUT2D eigenvalue weighted by atomic mass is 10.1. The molecule has 0 aliphatic rings. The van der Waals surface area contributed by atoms with E-state index in [1.807, 2.05) is 0 Å². The zero-order valence-corrected chi connectivity index (χ0v) is 13.5. The second-order valence-electron chi connectivity index (χ2n) is 6.03. The number of carboxylic acid groups (broad SMARTS) is 1. The lowest BCUT2D eigenvalue weighted by Gasteiger charge is -2.23. The van der Waals surface area contributed by atoms with Gasteiger partial charge < -0.3 is 25.5 Å². The van der Waals surface area contributed by atoms with E-state index in [0.29, 0.717) is 5.69 Å². The number of alkyl carbamates (subject to hydrolysis) is 1. The third-order valence-corrected chi connectivity index (χ3v) is 2.70. The molecule has 9 nitrogen and oxygen atoms in total. The van der Waals surface area contributed by atoms with Gasteiger partial charge in [-0.15, -0.1) is 0 Å². The number of carbonyl (C=O) groups excluding carboxylic acids is 2. The Labute approximate surface area is 133 Å². The molecule has 4 N–H and O–H groups in total. The third-order valence-electron chi connectivity index (χ3n) is 2.70. The number of nitrogens with one attached hydrogen (secondary N) is 3. The van der Waals surface area contributed by atoms with Crippen molar-refractivity contribution < 1.29 is 24.2 Å². The summed E-state index contributed by atoms with van der Waals surface area (Å²) < 4.78 is 5.12. The number of carboxylic acids is 1. The first kappa shape index (κ1) is 18.5. The molecule has 0 radical (unpaired) electrons. The Morgan fingerprint density at radius 1 is 1.35 bits per heavy atom. The van der Waals surface area contributed by atoms with E-state index >= 15 is 0 Å². The Morgan fingerprint density at radius 2 is 2.00 bits per heavy atom. The fourth-order valence-corrected chi connectivity index (χ4v) is 1.65. The minimum Gasteiger partial charge on any atom is -0.480 e. The molecule has 0 saturated carbocycles. The Balaban J connectivity index is 2.78. The summed E-state index contributed by atoms with van der Waals surface area (Å²) in [6.07, 6.45) is 2.35. The first-order chi connectivity index (χ1) is 10.6. The van der Waals surface area contributed by atoms with Gasteiger partial charge in [0, 0.05) is 12.6 Å². The molecule has 9 heteroatoms. The number of ether oxygens (including phenoxy) is 1. The lowest BCUT2D eigenvalue weighted by molar-refractivity contribution is -0.141. The van der Waals surface area contributed by atoms with Gasteiger partial charge in [0.05, 0.1) is 12.0 Å². The highest BCUT2D eigenvalue weighted by molar-refractivity contribution is 5.89. The molecule has 1 heterocycles. The summed E-state index contributed by atoms with van der Waals surface area (Å²) in [5.41, 5.74) is -0.171. The van der Waals surface area contributed by atoms with Crippen LogP contribution >= 0.6 is 0 Å². The normalized spacial score (nSPS) is 13.7. The molecule has 2 atom stereocenters. The van der Waals surface area contributed by atoms with Crippen molar-refractivity contribution >= 4 is 18.0 Å². The fraction of sp³-hybridized carbons (Fsp3) is 0.571. The van der Waals surface area contributed by atoms with Crippen LogP contribution in [0.1, 0.15) is 33.4 Å². The number of hydrogen-bond donors (Lipinski definition) is 4. The fourth-order valence-electron chi connectivity index (χ4n) is 1.65. The quantitative estimate of drug-likeness (QED) is 0.599. The zero-order chi connectivity index (χ0) is 17.6. The van der Waals surface area contributed by atoms with Crippen LogP contribution in [-0.4, -0.2) is 50.7 Å². The van der Waals surface area contributed by atoms with Gasteiger partial charge in [0.15, 0.2) is 0 Å². The van der Waals surface area contributed by atoms with E-state index in [-0.39, 0.29) is 6.42 Å². The Morgan fingerprint density at radius 3 is 2.48 bits per heavy atom.